The summed E-state index contributed by atoms with van der Waals surface area (Å²) in [6.45, 7) is 3.60. The van der Waals surface area contributed by atoms with Crippen molar-refractivity contribution in [2.45, 2.75) is 25.8 Å². The third-order valence-electron chi connectivity index (χ3n) is 1.62. The first kappa shape index (κ1) is 14.3. The summed E-state index contributed by atoms with van der Waals surface area (Å²) in [6, 6.07) is 0. The van der Waals surface area contributed by atoms with Crippen molar-refractivity contribution < 1.29 is 17.8 Å². The van der Waals surface area contributed by atoms with Gasteiger partial charge in [0, 0.05) is 13.0 Å². The molecule has 0 aromatic carbocycles. The van der Waals surface area contributed by atoms with E-state index in [4.69, 9.17) is 4.55 Å². The highest BCUT2D eigenvalue weighted by atomic mass is 32.2. The Morgan fingerprint density at radius 3 is 2.33 bits per heavy atom. The van der Waals surface area contributed by atoms with E-state index in [9.17, 15) is 13.2 Å². The van der Waals surface area contributed by atoms with E-state index in [1.54, 1.807) is 7.05 Å². The molecule has 90 valence electrons. The van der Waals surface area contributed by atoms with Gasteiger partial charge in [0.1, 0.15) is 0 Å². The predicted octanol–water partition coefficient (Wildman–Crippen LogP) is -0.621. The average Bonchev–Trinajstić information content (AvgIpc) is 1.94. The third-order valence-corrected chi connectivity index (χ3v) is 2.71. The summed E-state index contributed by atoms with van der Waals surface area (Å²) in [6.07, 6.45) is 0.269. The Morgan fingerprint density at radius 1 is 1.40 bits per heavy atom. The van der Waals surface area contributed by atoms with Crippen LogP contribution in [0.25, 0.3) is 0 Å². The lowest BCUT2D eigenvalue weighted by Gasteiger charge is -2.24. The van der Waals surface area contributed by atoms with Crippen LogP contribution in [0.3, 0.4) is 0 Å². The minimum Gasteiger partial charge on any atom is -0.350 e. The molecule has 0 aliphatic carbocycles. The van der Waals surface area contributed by atoms with Gasteiger partial charge in [0.2, 0.25) is 5.91 Å². The summed E-state index contributed by atoms with van der Waals surface area (Å²) in [5, 5.41) is 5.33. The van der Waals surface area contributed by atoms with E-state index in [0.29, 0.717) is 6.54 Å². The van der Waals surface area contributed by atoms with Gasteiger partial charge in [-0.25, -0.2) is 0 Å². The molecule has 1 amide bonds. The number of nitrogens with one attached hydrogen (secondary N) is 2. The van der Waals surface area contributed by atoms with Crippen LogP contribution in [0.4, 0.5) is 0 Å². The summed E-state index contributed by atoms with van der Waals surface area (Å²) < 4.78 is 29.9. The first-order valence-electron chi connectivity index (χ1n) is 4.57. The van der Waals surface area contributed by atoms with Crippen molar-refractivity contribution in [1.82, 2.24) is 10.6 Å². The molecule has 0 rings (SSSR count). The van der Waals surface area contributed by atoms with Gasteiger partial charge in [-0.15, -0.1) is 0 Å². The molecule has 0 aromatic heterocycles. The van der Waals surface area contributed by atoms with Gasteiger partial charge in [0.15, 0.2) is 0 Å². The Bertz CT molecular complexity index is 311. The van der Waals surface area contributed by atoms with Gasteiger partial charge in [-0.05, 0) is 20.9 Å². The highest BCUT2D eigenvalue weighted by molar-refractivity contribution is 7.85. The molecule has 0 fully saturated rings. The molecule has 7 heteroatoms. The summed E-state index contributed by atoms with van der Waals surface area (Å²) in [7, 11) is -2.36. The van der Waals surface area contributed by atoms with Crippen LogP contribution >= 0.6 is 0 Å². The Hall–Kier alpha value is -0.660. The summed E-state index contributed by atoms with van der Waals surface area (Å²) in [5.41, 5.74) is -0.960. The fraction of sp³-hybridized carbons (Fsp3) is 0.875. The van der Waals surface area contributed by atoms with Crippen molar-refractivity contribution in [3.63, 3.8) is 0 Å². The van der Waals surface area contributed by atoms with Crippen LogP contribution in [0, 0.1) is 0 Å². The van der Waals surface area contributed by atoms with Crippen LogP contribution in [0.2, 0.25) is 0 Å². The van der Waals surface area contributed by atoms with Gasteiger partial charge >= 0.3 is 0 Å². The molecular formula is C8H18N2O4S. The molecule has 0 saturated heterocycles. The minimum absolute atomic E-state index is 0.252. The molecule has 6 nitrogen and oxygen atoms in total. The molecule has 0 spiro atoms. The molecule has 0 aliphatic heterocycles. The first-order chi connectivity index (χ1) is 6.66. The number of rotatable bonds is 6. The number of carbonyl (C=O) groups excluding carboxylic acids is 1. The smallest absolute Gasteiger partial charge is 0.267 e. The second kappa shape index (κ2) is 5.43. The minimum atomic E-state index is -4.08. The molecule has 0 radical (unpaired) electrons. The zero-order chi connectivity index (χ0) is 12.1. The highest BCUT2D eigenvalue weighted by Crippen LogP contribution is 2.05. The van der Waals surface area contributed by atoms with Crippen molar-refractivity contribution in [2.75, 3.05) is 19.3 Å². The molecule has 0 unspecified atom stereocenters. The normalized spacial score (nSPS) is 12.5. The number of hydrogen-bond donors (Lipinski definition) is 3. The summed E-state index contributed by atoms with van der Waals surface area (Å²) in [4.78, 5) is 11.3. The highest BCUT2D eigenvalue weighted by Gasteiger charge is 2.26. The second-order valence-electron chi connectivity index (χ2n) is 4.01. The maximum Gasteiger partial charge on any atom is 0.267 e. The largest absolute Gasteiger partial charge is 0.350 e. The van der Waals surface area contributed by atoms with E-state index in [1.807, 2.05) is 0 Å². The van der Waals surface area contributed by atoms with Crippen molar-refractivity contribution in [3.8, 4) is 0 Å². The van der Waals surface area contributed by atoms with E-state index >= 15 is 0 Å². The SMILES string of the molecule is CNCCC(=O)NC(C)(C)CS(=O)(=O)O. The van der Waals surface area contributed by atoms with Crippen LogP contribution in [0.15, 0.2) is 0 Å². The van der Waals surface area contributed by atoms with Crippen LogP contribution < -0.4 is 10.6 Å². The lowest BCUT2D eigenvalue weighted by Crippen LogP contribution is -2.48. The van der Waals surface area contributed by atoms with Gasteiger partial charge in [-0.1, -0.05) is 0 Å². The van der Waals surface area contributed by atoms with E-state index in [0.717, 1.165) is 0 Å². The maximum atomic E-state index is 11.3. The van der Waals surface area contributed by atoms with E-state index < -0.39 is 21.4 Å². The molecule has 0 saturated carbocycles. The molecule has 0 aromatic rings. The molecule has 0 aliphatic rings. The lowest BCUT2D eigenvalue weighted by molar-refractivity contribution is -0.122. The number of carbonyl (C=O) groups is 1. The molecular weight excluding hydrogens is 220 g/mol. The van der Waals surface area contributed by atoms with Crippen LogP contribution in [-0.4, -0.2) is 43.8 Å². The van der Waals surface area contributed by atoms with Crippen LogP contribution in [0.5, 0.6) is 0 Å². The molecule has 3 N–H and O–H groups in total. The van der Waals surface area contributed by atoms with Gasteiger partial charge in [0.25, 0.3) is 10.1 Å². The molecule has 0 bridgehead atoms. The van der Waals surface area contributed by atoms with E-state index in [-0.39, 0.29) is 12.3 Å². The predicted molar refractivity (Wildman–Crippen MR) is 57.2 cm³/mol. The standard InChI is InChI=1S/C8H18N2O4S/c1-8(2,6-15(12,13)14)10-7(11)4-5-9-3/h9H,4-6H2,1-3H3,(H,10,11)(H,12,13,14). The van der Waals surface area contributed by atoms with Crippen LogP contribution in [-0.2, 0) is 14.9 Å². The second-order valence-corrected chi connectivity index (χ2v) is 5.46. The van der Waals surface area contributed by atoms with E-state index in [1.165, 1.54) is 13.8 Å². The van der Waals surface area contributed by atoms with Crippen molar-refractivity contribution >= 4 is 16.0 Å². The Morgan fingerprint density at radius 2 is 1.93 bits per heavy atom. The van der Waals surface area contributed by atoms with Crippen molar-refractivity contribution in [3.05, 3.63) is 0 Å². The zero-order valence-electron chi connectivity index (χ0n) is 9.20. The zero-order valence-corrected chi connectivity index (χ0v) is 10.0. The quantitative estimate of drug-likeness (QED) is 0.536. The average molecular weight is 238 g/mol. The molecule has 15 heavy (non-hydrogen) atoms. The summed E-state index contributed by atoms with van der Waals surface area (Å²) in [5.74, 6) is -0.747. The molecule has 0 heterocycles. The Labute approximate surface area is 90.2 Å². The van der Waals surface area contributed by atoms with Gasteiger partial charge in [-0.3, -0.25) is 9.35 Å². The summed E-state index contributed by atoms with van der Waals surface area (Å²) >= 11 is 0. The number of amides is 1. The van der Waals surface area contributed by atoms with Crippen molar-refractivity contribution in [2.24, 2.45) is 0 Å². The Kier molecular flexibility index (Phi) is 5.19. The monoisotopic (exact) mass is 238 g/mol. The van der Waals surface area contributed by atoms with E-state index in [2.05, 4.69) is 10.6 Å². The van der Waals surface area contributed by atoms with Crippen molar-refractivity contribution in [1.29, 1.82) is 0 Å². The maximum absolute atomic E-state index is 11.3. The topological polar surface area (TPSA) is 95.5 Å². The Balaban J connectivity index is 4.19. The van der Waals surface area contributed by atoms with Crippen LogP contribution in [0.1, 0.15) is 20.3 Å². The molecule has 0 atom stereocenters. The van der Waals surface area contributed by atoms with Gasteiger partial charge in [0.05, 0.1) is 11.3 Å². The fourth-order valence-corrected chi connectivity index (χ4v) is 2.15. The lowest BCUT2D eigenvalue weighted by atomic mass is 10.1. The van der Waals surface area contributed by atoms with Gasteiger partial charge < -0.3 is 10.6 Å². The fourth-order valence-electron chi connectivity index (χ4n) is 1.17. The third kappa shape index (κ3) is 8.34. The van der Waals surface area contributed by atoms with Gasteiger partial charge in [-0.2, -0.15) is 8.42 Å². The first-order valence-corrected chi connectivity index (χ1v) is 6.18. The number of hydrogen-bond acceptors (Lipinski definition) is 4.